The number of ether oxygens (including phenoxy) is 1. The summed E-state index contributed by atoms with van der Waals surface area (Å²) in [5.41, 5.74) is 3.31. The maximum absolute atomic E-state index is 12.9. The zero-order chi connectivity index (χ0) is 20.4. The molecule has 1 aliphatic heterocycles. The number of rotatable bonds is 3. The van der Waals surface area contributed by atoms with Crippen molar-refractivity contribution in [3.05, 3.63) is 23.3 Å². The Labute approximate surface area is 159 Å². The Morgan fingerprint density at radius 2 is 1.78 bits per heavy atom. The van der Waals surface area contributed by atoms with Crippen LogP contribution in [-0.4, -0.2) is 37.9 Å². The molecule has 152 valence electrons. The van der Waals surface area contributed by atoms with Crippen LogP contribution in [0, 0.1) is 19.3 Å². The minimum Gasteiger partial charge on any atom is -0.369 e. The fraction of sp³-hybridized carbons (Fsp3) is 0.650. The number of hydrogen-bond donors (Lipinski definition) is 1. The number of carbonyl (C=O) groups is 1. The van der Waals surface area contributed by atoms with Gasteiger partial charge >= 0.3 is 6.18 Å². The van der Waals surface area contributed by atoms with Gasteiger partial charge in [0.1, 0.15) is 0 Å². The summed E-state index contributed by atoms with van der Waals surface area (Å²) in [5, 5.41) is 2.97. The van der Waals surface area contributed by atoms with E-state index < -0.39 is 12.3 Å². The fourth-order valence-corrected chi connectivity index (χ4v) is 3.28. The second kappa shape index (κ2) is 8.09. The molecule has 1 amide bonds. The minimum absolute atomic E-state index is 0.0341. The van der Waals surface area contributed by atoms with Crippen molar-refractivity contribution < 1.29 is 22.7 Å². The molecule has 0 bridgehead atoms. The van der Waals surface area contributed by atoms with E-state index in [1.54, 1.807) is 0 Å². The Kier molecular flexibility index (Phi) is 6.45. The van der Waals surface area contributed by atoms with Crippen LogP contribution in [0.25, 0.3) is 0 Å². The lowest BCUT2D eigenvalue weighted by molar-refractivity contribution is -0.218. The lowest BCUT2D eigenvalue weighted by atomic mass is 9.92. The van der Waals surface area contributed by atoms with Crippen molar-refractivity contribution in [3.8, 4) is 0 Å². The summed E-state index contributed by atoms with van der Waals surface area (Å²) >= 11 is 0. The van der Waals surface area contributed by atoms with E-state index in [-0.39, 0.29) is 30.9 Å². The van der Waals surface area contributed by atoms with Crippen molar-refractivity contribution in [2.75, 3.05) is 29.9 Å². The molecule has 1 aromatic rings. The van der Waals surface area contributed by atoms with Crippen LogP contribution >= 0.6 is 0 Å². The maximum atomic E-state index is 12.9. The van der Waals surface area contributed by atoms with E-state index in [1.165, 1.54) is 0 Å². The summed E-state index contributed by atoms with van der Waals surface area (Å²) in [7, 11) is 0. The number of alkyl halides is 3. The molecule has 2 rings (SSSR count). The van der Waals surface area contributed by atoms with E-state index in [2.05, 4.69) is 5.32 Å². The summed E-state index contributed by atoms with van der Waals surface area (Å²) in [6.07, 6.45) is -5.72. The molecule has 0 aromatic heterocycles. The summed E-state index contributed by atoms with van der Waals surface area (Å²) in [5.74, 6) is -0.0439. The molecular formula is C20H29F3N2O2. The zero-order valence-corrected chi connectivity index (χ0v) is 16.7. The Morgan fingerprint density at radius 1 is 1.19 bits per heavy atom. The van der Waals surface area contributed by atoms with Gasteiger partial charge in [0.15, 0.2) is 6.10 Å². The smallest absolute Gasteiger partial charge is 0.369 e. The molecule has 0 spiro atoms. The van der Waals surface area contributed by atoms with Gasteiger partial charge in [-0.2, -0.15) is 13.2 Å². The molecule has 0 radical (unpaired) electrons. The van der Waals surface area contributed by atoms with Gasteiger partial charge in [-0.3, -0.25) is 4.79 Å². The normalized spacial score (nSPS) is 19.0. The van der Waals surface area contributed by atoms with Crippen LogP contribution in [0.2, 0.25) is 0 Å². The SMILES string of the molecule is Cc1cc(N2CCOC(C(F)(F)F)CC2)cc(C)c1NC(=O)CC(C)(C)C. The molecule has 7 heteroatoms. The molecular weight excluding hydrogens is 357 g/mol. The lowest BCUT2D eigenvalue weighted by Gasteiger charge is -2.25. The van der Waals surface area contributed by atoms with Gasteiger partial charge in [0.25, 0.3) is 0 Å². The van der Waals surface area contributed by atoms with Gasteiger partial charge in [0, 0.05) is 30.9 Å². The standard InChI is InChI=1S/C20H29F3N2O2/c1-13-10-15(25-7-6-16(20(21,22)23)27-9-8-25)11-14(2)18(13)24-17(26)12-19(3,4)5/h10-11,16H,6-9,12H2,1-5H3,(H,24,26). The number of halogens is 3. The Hall–Kier alpha value is -1.76. The average Bonchev–Trinajstić information content (AvgIpc) is 2.74. The molecule has 1 fully saturated rings. The third-order valence-electron chi connectivity index (χ3n) is 4.54. The number of nitrogens with one attached hydrogen (secondary N) is 1. The molecule has 1 aliphatic rings. The van der Waals surface area contributed by atoms with E-state index in [9.17, 15) is 18.0 Å². The Balaban J connectivity index is 2.13. The first kappa shape index (κ1) is 21.5. The number of aryl methyl sites for hydroxylation is 2. The first-order chi connectivity index (χ1) is 12.4. The van der Waals surface area contributed by atoms with Crippen molar-refractivity contribution in [3.63, 3.8) is 0 Å². The molecule has 4 nitrogen and oxygen atoms in total. The topological polar surface area (TPSA) is 41.6 Å². The highest BCUT2D eigenvalue weighted by Gasteiger charge is 2.41. The van der Waals surface area contributed by atoms with Gasteiger partial charge < -0.3 is 15.0 Å². The number of carbonyl (C=O) groups excluding carboxylic acids is 1. The van der Waals surface area contributed by atoms with Gasteiger partial charge in [0.2, 0.25) is 5.91 Å². The summed E-state index contributed by atoms with van der Waals surface area (Å²) < 4.78 is 43.6. The van der Waals surface area contributed by atoms with Crippen LogP contribution in [0.3, 0.4) is 0 Å². The van der Waals surface area contributed by atoms with Crippen LogP contribution in [0.15, 0.2) is 12.1 Å². The highest BCUT2D eigenvalue weighted by atomic mass is 19.4. The van der Waals surface area contributed by atoms with Gasteiger partial charge in [0.05, 0.1) is 6.61 Å². The summed E-state index contributed by atoms with van der Waals surface area (Å²) in [4.78, 5) is 14.2. The number of anilines is 2. The van der Waals surface area contributed by atoms with E-state index in [0.29, 0.717) is 13.0 Å². The highest BCUT2D eigenvalue weighted by molar-refractivity contribution is 5.93. The summed E-state index contributed by atoms with van der Waals surface area (Å²) in [6, 6.07) is 3.82. The number of hydrogen-bond acceptors (Lipinski definition) is 3. The van der Waals surface area contributed by atoms with Crippen LogP contribution < -0.4 is 10.2 Å². The predicted octanol–water partition coefficient (Wildman–Crippen LogP) is 4.84. The number of nitrogens with zero attached hydrogens (tertiary/aromatic N) is 1. The van der Waals surface area contributed by atoms with Crippen molar-refractivity contribution in [2.24, 2.45) is 5.41 Å². The van der Waals surface area contributed by atoms with E-state index >= 15 is 0 Å². The van der Waals surface area contributed by atoms with E-state index in [0.717, 1.165) is 22.5 Å². The van der Waals surface area contributed by atoms with Crippen LogP contribution in [0.1, 0.15) is 44.7 Å². The number of benzene rings is 1. The molecule has 0 saturated carbocycles. The molecule has 1 aromatic carbocycles. The summed E-state index contributed by atoms with van der Waals surface area (Å²) in [6.45, 7) is 10.5. The molecule has 1 atom stereocenters. The number of amides is 1. The van der Waals surface area contributed by atoms with Crippen molar-refractivity contribution in [2.45, 2.75) is 59.7 Å². The first-order valence-corrected chi connectivity index (χ1v) is 9.21. The van der Waals surface area contributed by atoms with Gasteiger partial charge in [-0.25, -0.2) is 0 Å². The second-order valence-electron chi connectivity index (χ2n) is 8.42. The van der Waals surface area contributed by atoms with Crippen LogP contribution in [-0.2, 0) is 9.53 Å². The molecule has 1 N–H and O–H groups in total. The molecule has 1 unspecified atom stereocenters. The predicted molar refractivity (Wildman–Crippen MR) is 101 cm³/mol. The maximum Gasteiger partial charge on any atom is 0.414 e. The van der Waals surface area contributed by atoms with Crippen LogP contribution in [0.4, 0.5) is 24.5 Å². The van der Waals surface area contributed by atoms with Gasteiger partial charge in [-0.15, -0.1) is 0 Å². The Bertz CT molecular complexity index is 658. The molecule has 1 saturated heterocycles. The zero-order valence-electron chi connectivity index (χ0n) is 16.7. The Morgan fingerprint density at radius 3 is 2.30 bits per heavy atom. The van der Waals surface area contributed by atoms with Crippen LogP contribution in [0.5, 0.6) is 0 Å². The quantitative estimate of drug-likeness (QED) is 0.809. The molecule has 27 heavy (non-hydrogen) atoms. The second-order valence-corrected chi connectivity index (χ2v) is 8.42. The third-order valence-corrected chi connectivity index (χ3v) is 4.54. The van der Waals surface area contributed by atoms with E-state index in [4.69, 9.17) is 4.74 Å². The third kappa shape index (κ3) is 6.13. The van der Waals surface area contributed by atoms with E-state index in [1.807, 2.05) is 51.7 Å². The lowest BCUT2D eigenvalue weighted by Crippen LogP contribution is -2.32. The van der Waals surface area contributed by atoms with Crippen molar-refractivity contribution in [1.29, 1.82) is 0 Å². The van der Waals surface area contributed by atoms with Crippen molar-refractivity contribution >= 4 is 17.3 Å². The largest absolute Gasteiger partial charge is 0.414 e. The van der Waals surface area contributed by atoms with Gasteiger partial charge in [-0.05, 0) is 48.9 Å². The molecule has 1 heterocycles. The first-order valence-electron chi connectivity index (χ1n) is 9.21. The monoisotopic (exact) mass is 386 g/mol. The molecule has 0 aliphatic carbocycles. The highest BCUT2D eigenvalue weighted by Crippen LogP contribution is 2.31. The van der Waals surface area contributed by atoms with Gasteiger partial charge in [-0.1, -0.05) is 20.8 Å². The fourth-order valence-electron chi connectivity index (χ4n) is 3.28. The average molecular weight is 386 g/mol. The van der Waals surface area contributed by atoms with Crippen molar-refractivity contribution in [1.82, 2.24) is 0 Å². The minimum atomic E-state index is -4.33.